The average molecular weight is 507 g/mol. The van der Waals surface area contributed by atoms with Gasteiger partial charge in [-0.25, -0.2) is 4.79 Å². The zero-order valence-corrected chi connectivity index (χ0v) is 24.2. The summed E-state index contributed by atoms with van der Waals surface area (Å²) in [7, 11) is -1.77. The number of Topliss-reactive ketones (excluding diaryl/α,β-unsaturated/α-hetero) is 1. The molecule has 0 bridgehead atoms. The number of furan rings is 1. The Balaban J connectivity index is 1.66. The van der Waals surface area contributed by atoms with Crippen molar-refractivity contribution in [2.24, 2.45) is 29.6 Å². The molecule has 1 aromatic rings. The van der Waals surface area contributed by atoms with Gasteiger partial charge in [-0.15, -0.1) is 0 Å². The van der Waals surface area contributed by atoms with Gasteiger partial charge in [-0.2, -0.15) is 0 Å². The molecule has 35 heavy (non-hydrogen) atoms. The van der Waals surface area contributed by atoms with Gasteiger partial charge in [0.25, 0.3) is 0 Å². The summed E-state index contributed by atoms with van der Waals surface area (Å²) in [4.78, 5) is 25.5. The Morgan fingerprint density at radius 1 is 1.20 bits per heavy atom. The standard InChI is InChI=1S/C28H46O6Si/c1-17-15-22(31-16-17)24(29)20(4)21-13-12-18(2)23(21)26-25(33-27(30)34-26)19(3)11-10-14-32-35(8,9)28(5,6)7/h15-16,18-21,23,25-26H,10-14H2,1-9H3/t18-,19+,20-,21-,23+,25?,26?/m0/s1. The molecular weight excluding hydrogens is 460 g/mol. The fraction of sp³-hybridized carbons (Fsp3) is 0.786. The third-order valence-corrected chi connectivity index (χ3v) is 13.5. The lowest BCUT2D eigenvalue weighted by atomic mass is 9.74. The van der Waals surface area contributed by atoms with E-state index in [1.54, 1.807) is 6.26 Å². The van der Waals surface area contributed by atoms with Crippen molar-refractivity contribution in [2.45, 2.75) is 104 Å². The summed E-state index contributed by atoms with van der Waals surface area (Å²) in [5.74, 6) is 0.959. The molecule has 2 unspecified atom stereocenters. The smallest absolute Gasteiger partial charge is 0.461 e. The molecule has 0 spiro atoms. The van der Waals surface area contributed by atoms with Crippen LogP contribution in [0.1, 0.15) is 83.3 Å². The number of ether oxygens (including phenoxy) is 2. The first kappa shape index (κ1) is 28.0. The van der Waals surface area contributed by atoms with Gasteiger partial charge in [-0.3, -0.25) is 4.79 Å². The van der Waals surface area contributed by atoms with Crippen molar-refractivity contribution in [1.82, 2.24) is 0 Å². The monoisotopic (exact) mass is 506 g/mol. The van der Waals surface area contributed by atoms with Crippen LogP contribution in [0.4, 0.5) is 4.79 Å². The molecule has 0 amide bonds. The van der Waals surface area contributed by atoms with E-state index in [2.05, 4.69) is 47.7 Å². The molecule has 2 fully saturated rings. The number of ketones is 1. The minimum absolute atomic E-state index is 0.0276. The van der Waals surface area contributed by atoms with Gasteiger partial charge in [0.1, 0.15) is 12.2 Å². The molecule has 7 heteroatoms. The van der Waals surface area contributed by atoms with Crippen LogP contribution in [-0.2, 0) is 13.9 Å². The number of aryl methyl sites for hydroxylation is 1. The molecule has 0 N–H and O–H groups in total. The van der Waals surface area contributed by atoms with E-state index in [-0.39, 0.29) is 46.7 Å². The Labute approximate surface area is 212 Å². The summed E-state index contributed by atoms with van der Waals surface area (Å²) in [5, 5.41) is 0.189. The van der Waals surface area contributed by atoms with E-state index >= 15 is 0 Å². The number of carbonyl (C=O) groups excluding carboxylic acids is 2. The minimum Gasteiger partial charge on any atom is -0.461 e. The van der Waals surface area contributed by atoms with Crippen LogP contribution in [-0.4, -0.2) is 39.1 Å². The first-order valence-corrected chi connectivity index (χ1v) is 16.2. The highest BCUT2D eigenvalue weighted by molar-refractivity contribution is 6.74. The summed E-state index contributed by atoms with van der Waals surface area (Å²) in [6.07, 6.45) is 4.19. The first-order chi connectivity index (χ1) is 16.2. The van der Waals surface area contributed by atoms with E-state index in [9.17, 15) is 9.59 Å². The lowest BCUT2D eigenvalue weighted by Gasteiger charge is -2.36. The Hall–Kier alpha value is -1.60. The quantitative estimate of drug-likeness (QED) is 0.142. The van der Waals surface area contributed by atoms with Crippen LogP contribution < -0.4 is 0 Å². The van der Waals surface area contributed by atoms with E-state index in [1.165, 1.54) is 0 Å². The predicted octanol–water partition coefficient (Wildman–Crippen LogP) is 7.41. The maximum Gasteiger partial charge on any atom is 0.509 e. The Morgan fingerprint density at radius 3 is 2.49 bits per heavy atom. The zero-order valence-electron chi connectivity index (χ0n) is 23.2. The van der Waals surface area contributed by atoms with E-state index in [1.807, 2.05) is 19.9 Å². The lowest BCUT2D eigenvalue weighted by molar-refractivity contribution is 0.0193. The van der Waals surface area contributed by atoms with Crippen molar-refractivity contribution < 1.29 is 27.9 Å². The SMILES string of the molecule is Cc1coc(C(=O)[C@@H](C)[C@@H]2CC[C@H](C)[C@H]2C2OC(=O)OC2[C@H](C)CCCO[Si](C)(C)C(C)(C)C)c1. The third-order valence-electron chi connectivity index (χ3n) is 8.94. The molecule has 1 saturated carbocycles. The van der Waals surface area contributed by atoms with Gasteiger partial charge in [-0.05, 0) is 80.1 Å². The van der Waals surface area contributed by atoms with Crippen molar-refractivity contribution in [1.29, 1.82) is 0 Å². The van der Waals surface area contributed by atoms with Crippen LogP contribution in [0.15, 0.2) is 16.7 Å². The molecule has 0 radical (unpaired) electrons. The number of hydrogen-bond donors (Lipinski definition) is 0. The molecule has 1 aliphatic heterocycles. The minimum atomic E-state index is -1.77. The largest absolute Gasteiger partial charge is 0.509 e. The number of rotatable bonds is 10. The third kappa shape index (κ3) is 6.22. The maximum atomic E-state index is 13.2. The second-order valence-electron chi connectivity index (χ2n) is 12.6. The van der Waals surface area contributed by atoms with Crippen LogP contribution in [0.5, 0.6) is 0 Å². The van der Waals surface area contributed by atoms with E-state index in [4.69, 9.17) is 18.3 Å². The second kappa shape index (κ2) is 10.8. The molecule has 2 aliphatic rings. The van der Waals surface area contributed by atoms with Crippen molar-refractivity contribution in [3.63, 3.8) is 0 Å². The van der Waals surface area contributed by atoms with Gasteiger partial charge >= 0.3 is 6.16 Å². The molecule has 7 atom stereocenters. The van der Waals surface area contributed by atoms with Crippen molar-refractivity contribution in [3.8, 4) is 0 Å². The Kier molecular flexibility index (Phi) is 8.63. The van der Waals surface area contributed by atoms with Gasteiger partial charge in [0.15, 0.2) is 14.1 Å². The topological polar surface area (TPSA) is 75.0 Å². The summed E-state index contributed by atoms with van der Waals surface area (Å²) in [6, 6.07) is 1.81. The fourth-order valence-corrected chi connectivity index (χ4v) is 6.72. The van der Waals surface area contributed by atoms with Crippen LogP contribution in [0.2, 0.25) is 18.1 Å². The van der Waals surface area contributed by atoms with E-state index < -0.39 is 14.5 Å². The molecule has 1 aromatic heterocycles. The summed E-state index contributed by atoms with van der Waals surface area (Å²) < 4.78 is 23.4. The van der Waals surface area contributed by atoms with Gasteiger partial charge < -0.3 is 18.3 Å². The van der Waals surface area contributed by atoms with Crippen LogP contribution in [0.25, 0.3) is 0 Å². The van der Waals surface area contributed by atoms with Crippen molar-refractivity contribution >= 4 is 20.3 Å². The lowest BCUT2D eigenvalue weighted by Crippen LogP contribution is -2.42. The van der Waals surface area contributed by atoms with Crippen molar-refractivity contribution in [3.05, 3.63) is 23.7 Å². The molecule has 1 aliphatic carbocycles. The normalized spacial score (nSPS) is 29.1. The number of carbonyl (C=O) groups is 2. The second-order valence-corrected chi connectivity index (χ2v) is 17.4. The molecule has 6 nitrogen and oxygen atoms in total. The first-order valence-electron chi connectivity index (χ1n) is 13.3. The maximum absolute atomic E-state index is 13.2. The van der Waals surface area contributed by atoms with E-state index in [0.717, 1.165) is 37.9 Å². The average Bonchev–Trinajstić information content (AvgIpc) is 3.47. The zero-order chi connectivity index (χ0) is 26.1. The summed E-state index contributed by atoms with van der Waals surface area (Å²) in [6.45, 7) is 20.3. The van der Waals surface area contributed by atoms with Gasteiger partial charge in [0.05, 0.1) is 6.26 Å². The van der Waals surface area contributed by atoms with Gasteiger partial charge in [-0.1, -0.05) is 41.5 Å². The summed E-state index contributed by atoms with van der Waals surface area (Å²) in [5.41, 5.74) is 0.946. The van der Waals surface area contributed by atoms with Gasteiger partial charge in [0.2, 0.25) is 5.78 Å². The van der Waals surface area contributed by atoms with Crippen molar-refractivity contribution in [2.75, 3.05) is 6.61 Å². The molecule has 3 rings (SSSR count). The Bertz CT molecular complexity index is 884. The number of cyclic esters (lactones) is 2. The highest BCUT2D eigenvalue weighted by atomic mass is 28.4. The molecule has 2 heterocycles. The molecule has 1 saturated heterocycles. The molecule has 198 valence electrons. The molecular formula is C28H46O6Si. The van der Waals surface area contributed by atoms with Crippen LogP contribution >= 0.6 is 0 Å². The summed E-state index contributed by atoms with van der Waals surface area (Å²) >= 11 is 0. The van der Waals surface area contributed by atoms with Crippen LogP contribution in [0, 0.1) is 36.5 Å². The number of hydrogen-bond acceptors (Lipinski definition) is 6. The van der Waals surface area contributed by atoms with E-state index in [0.29, 0.717) is 11.7 Å². The van der Waals surface area contributed by atoms with Gasteiger partial charge in [0, 0.05) is 18.4 Å². The predicted molar refractivity (Wildman–Crippen MR) is 139 cm³/mol. The highest BCUT2D eigenvalue weighted by Crippen LogP contribution is 2.48. The molecule has 0 aromatic carbocycles. The highest BCUT2D eigenvalue weighted by Gasteiger charge is 2.52. The van der Waals surface area contributed by atoms with Crippen LogP contribution in [0.3, 0.4) is 0 Å². The fourth-order valence-electron chi connectivity index (χ4n) is 5.63. The Morgan fingerprint density at radius 2 is 1.89 bits per heavy atom.